The highest BCUT2D eigenvalue weighted by atomic mass is 35.5. The van der Waals surface area contributed by atoms with Crippen LogP contribution in [0, 0.1) is 6.92 Å². The van der Waals surface area contributed by atoms with Crippen molar-refractivity contribution in [2.75, 3.05) is 54.2 Å². The summed E-state index contributed by atoms with van der Waals surface area (Å²) < 4.78 is 0. The Hall–Kier alpha value is -2.81. The number of nitrogens with zero attached hydrogens (tertiary/aromatic N) is 5. The number of likely N-dealkylation sites (N-methyl/N-ethyl adjacent to an activating group) is 1. The van der Waals surface area contributed by atoms with Gasteiger partial charge in [0.15, 0.2) is 0 Å². The van der Waals surface area contributed by atoms with Gasteiger partial charge in [-0.2, -0.15) is 0 Å². The van der Waals surface area contributed by atoms with E-state index < -0.39 is 0 Å². The molecule has 1 N–H and O–H groups in total. The van der Waals surface area contributed by atoms with Crippen molar-refractivity contribution in [2.45, 2.75) is 11.9 Å². The summed E-state index contributed by atoms with van der Waals surface area (Å²) in [6.07, 6.45) is 1.59. The maximum absolute atomic E-state index is 13.1. The maximum Gasteiger partial charge on any atom is 0.263 e. The molecule has 1 aromatic heterocycles. The highest BCUT2D eigenvalue weighted by Crippen LogP contribution is 2.36. The molecule has 0 atom stereocenters. The number of hydrogen-bond acceptors (Lipinski definition) is 7. The first-order valence-corrected chi connectivity index (χ1v) is 12.2. The Morgan fingerprint density at radius 2 is 1.82 bits per heavy atom. The van der Waals surface area contributed by atoms with E-state index in [1.807, 2.05) is 37.3 Å². The second kappa shape index (κ2) is 9.21. The summed E-state index contributed by atoms with van der Waals surface area (Å²) in [7, 11) is 2.16. The Balaban J connectivity index is 1.30. The van der Waals surface area contributed by atoms with Crippen LogP contribution in [0.25, 0.3) is 0 Å². The van der Waals surface area contributed by atoms with Crippen LogP contribution in [0.3, 0.4) is 0 Å². The molecule has 33 heavy (non-hydrogen) atoms. The van der Waals surface area contributed by atoms with Crippen molar-refractivity contribution in [2.24, 2.45) is 0 Å². The molecule has 0 unspecified atom stereocenters. The first-order valence-electron chi connectivity index (χ1n) is 10.9. The van der Waals surface area contributed by atoms with Gasteiger partial charge in [-0.05, 0) is 55.9 Å². The van der Waals surface area contributed by atoms with Crippen molar-refractivity contribution in [3.8, 4) is 0 Å². The zero-order valence-corrected chi connectivity index (χ0v) is 20.2. The number of amides is 1. The molecule has 0 aliphatic carbocycles. The molecule has 1 saturated heterocycles. The van der Waals surface area contributed by atoms with Crippen molar-refractivity contribution in [3.05, 3.63) is 64.8 Å². The topological polar surface area (TPSA) is 64.6 Å². The van der Waals surface area contributed by atoms with E-state index in [9.17, 15) is 4.79 Å². The molecule has 3 aromatic rings. The predicted molar refractivity (Wildman–Crippen MR) is 135 cm³/mol. The van der Waals surface area contributed by atoms with Gasteiger partial charge in [-0.3, -0.25) is 9.69 Å². The van der Waals surface area contributed by atoms with Gasteiger partial charge in [-0.15, -0.1) is 0 Å². The van der Waals surface area contributed by atoms with Crippen molar-refractivity contribution < 1.29 is 4.79 Å². The molecule has 1 fully saturated rings. The molecule has 0 radical (unpaired) electrons. The van der Waals surface area contributed by atoms with Crippen molar-refractivity contribution in [1.82, 2.24) is 14.9 Å². The molecule has 0 bridgehead atoms. The number of benzene rings is 2. The molecule has 3 heterocycles. The lowest BCUT2D eigenvalue weighted by molar-refractivity contribution is 0.0985. The van der Waals surface area contributed by atoms with Gasteiger partial charge in [0.05, 0.1) is 22.2 Å². The van der Waals surface area contributed by atoms with Gasteiger partial charge in [-0.1, -0.05) is 29.4 Å². The fourth-order valence-corrected chi connectivity index (χ4v) is 5.14. The fraction of sp³-hybridized carbons (Fsp3) is 0.292. The third-order valence-electron chi connectivity index (χ3n) is 5.94. The SMILES string of the molecule is Cc1ccc(Cl)c(N2CSc3nc(Nc4ccc(N5CCN(C)CC5)cc4)ncc3C2=O)c1. The average molecular weight is 481 g/mol. The molecule has 2 aliphatic heterocycles. The zero-order chi connectivity index (χ0) is 22.9. The Bertz CT molecular complexity index is 1180. The van der Waals surface area contributed by atoms with Crippen LogP contribution in [0.5, 0.6) is 0 Å². The molecule has 9 heteroatoms. The lowest BCUT2D eigenvalue weighted by Crippen LogP contribution is -2.44. The minimum Gasteiger partial charge on any atom is -0.369 e. The highest BCUT2D eigenvalue weighted by molar-refractivity contribution is 7.99. The van der Waals surface area contributed by atoms with Crippen molar-refractivity contribution >= 4 is 52.3 Å². The lowest BCUT2D eigenvalue weighted by Gasteiger charge is -2.34. The first-order chi connectivity index (χ1) is 16.0. The minimum absolute atomic E-state index is 0.140. The number of anilines is 4. The smallest absolute Gasteiger partial charge is 0.263 e. The Morgan fingerprint density at radius 1 is 1.06 bits per heavy atom. The summed E-state index contributed by atoms with van der Waals surface area (Å²) in [5.74, 6) is 0.785. The molecule has 2 aliphatic rings. The van der Waals surface area contributed by atoms with E-state index in [0.29, 0.717) is 33.1 Å². The molecular formula is C24H25ClN6OS. The Morgan fingerprint density at radius 3 is 2.58 bits per heavy atom. The molecule has 170 valence electrons. The molecular weight excluding hydrogens is 456 g/mol. The predicted octanol–water partition coefficient (Wildman–Crippen LogP) is 4.64. The van der Waals surface area contributed by atoms with Crippen LogP contribution in [0.2, 0.25) is 5.02 Å². The van der Waals surface area contributed by atoms with Gasteiger partial charge in [0.2, 0.25) is 5.95 Å². The van der Waals surface area contributed by atoms with Gasteiger partial charge >= 0.3 is 0 Å². The molecule has 1 amide bonds. The lowest BCUT2D eigenvalue weighted by atomic mass is 10.2. The molecule has 5 rings (SSSR count). The second-order valence-corrected chi connectivity index (χ2v) is 9.68. The van der Waals surface area contributed by atoms with Gasteiger partial charge in [0.25, 0.3) is 5.91 Å². The number of nitrogens with one attached hydrogen (secondary N) is 1. The zero-order valence-electron chi connectivity index (χ0n) is 18.6. The normalized spacial score (nSPS) is 16.6. The number of rotatable bonds is 4. The van der Waals surface area contributed by atoms with E-state index in [1.165, 1.54) is 17.4 Å². The largest absolute Gasteiger partial charge is 0.369 e. The van der Waals surface area contributed by atoms with Gasteiger partial charge in [0, 0.05) is 43.8 Å². The highest BCUT2D eigenvalue weighted by Gasteiger charge is 2.29. The summed E-state index contributed by atoms with van der Waals surface area (Å²) in [5.41, 5.74) is 4.37. The van der Waals surface area contributed by atoms with Crippen molar-refractivity contribution in [1.29, 1.82) is 0 Å². The average Bonchev–Trinajstić information content (AvgIpc) is 2.82. The molecule has 0 saturated carbocycles. The van der Waals surface area contributed by atoms with E-state index in [-0.39, 0.29) is 5.91 Å². The number of fused-ring (bicyclic) bond motifs is 1. The number of aromatic nitrogens is 2. The van der Waals surface area contributed by atoms with Crippen LogP contribution in [0.1, 0.15) is 15.9 Å². The summed E-state index contributed by atoms with van der Waals surface area (Å²) in [4.78, 5) is 28.5. The van der Waals surface area contributed by atoms with Gasteiger partial charge in [0.1, 0.15) is 5.03 Å². The summed E-state index contributed by atoms with van der Waals surface area (Å²) in [5, 5.41) is 4.48. The number of thioether (sulfide) groups is 1. The van der Waals surface area contributed by atoms with Crippen LogP contribution < -0.4 is 15.1 Å². The Kier molecular flexibility index (Phi) is 6.14. The Labute approximate surface area is 202 Å². The molecule has 0 spiro atoms. The number of piperazine rings is 1. The number of carbonyl (C=O) groups excluding carboxylic acids is 1. The quantitative estimate of drug-likeness (QED) is 0.545. The van der Waals surface area contributed by atoms with E-state index in [4.69, 9.17) is 11.6 Å². The van der Waals surface area contributed by atoms with E-state index in [2.05, 4.69) is 44.3 Å². The maximum atomic E-state index is 13.1. The van der Waals surface area contributed by atoms with E-state index in [1.54, 1.807) is 11.1 Å². The van der Waals surface area contributed by atoms with Crippen LogP contribution in [0.4, 0.5) is 23.0 Å². The third kappa shape index (κ3) is 4.64. The van der Waals surface area contributed by atoms with E-state index >= 15 is 0 Å². The summed E-state index contributed by atoms with van der Waals surface area (Å²) in [6.45, 7) is 6.20. The molecule has 2 aromatic carbocycles. The fourth-order valence-electron chi connectivity index (χ4n) is 3.97. The second-order valence-electron chi connectivity index (χ2n) is 8.34. The number of halogens is 1. The van der Waals surface area contributed by atoms with Gasteiger partial charge < -0.3 is 15.1 Å². The first kappa shape index (κ1) is 22.0. The van der Waals surface area contributed by atoms with E-state index in [0.717, 1.165) is 37.4 Å². The monoisotopic (exact) mass is 480 g/mol. The van der Waals surface area contributed by atoms with Crippen LogP contribution in [-0.4, -0.2) is 59.9 Å². The number of hydrogen-bond donors (Lipinski definition) is 1. The summed E-state index contributed by atoms with van der Waals surface area (Å²) >= 11 is 7.86. The van der Waals surface area contributed by atoms with Crippen LogP contribution in [0.15, 0.2) is 53.7 Å². The van der Waals surface area contributed by atoms with Crippen LogP contribution >= 0.6 is 23.4 Å². The molecule has 7 nitrogen and oxygen atoms in total. The van der Waals surface area contributed by atoms with Crippen LogP contribution in [-0.2, 0) is 0 Å². The third-order valence-corrected chi connectivity index (χ3v) is 7.24. The minimum atomic E-state index is -0.140. The standard InChI is InChI=1S/C24H25ClN6OS/c1-16-3-8-20(25)21(13-16)31-15-33-22-19(23(31)32)14-26-24(28-22)27-17-4-6-18(7-5-17)30-11-9-29(2)10-12-30/h3-8,13-14H,9-12,15H2,1-2H3,(H,26,27,28). The van der Waals surface area contributed by atoms with Gasteiger partial charge in [-0.25, -0.2) is 9.97 Å². The number of carbonyl (C=O) groups is 1. The summed E-state index contributed by atoms with van der Waals surface area (Å²) in [6, 6.07) is 14.0. The van der Waals surface area contributed by atoms with Crippen molar-refractivity contribution in [3.63, 3.8) is 0 Å². The number of aryl methyl sites for hydroxylation is 1.